The Kier molecular flexibility index (Phi) is 4.89. The Balaban J connectivity index is 2.66. The molecule has 6 nitrogen and oxygen atoms in total. The van der Waals surface area contributed by atoms with Gasteiger partial charge >= 0.3 is 0 Å². The second-order valence-electron chi connectivity index (χ2n) is 4.21. The lowest BCUT2D eigenvalue weighted by Crippen LogP contribution is -2.60. The van der Waals surface area contributed by atoms with Crippen LogP contribution in [0.3, 0.4) is 0 Å². The number of nitrogens with two attached hydrogens (primary N) is 1. The molecule has 0 aromatic carbocycles. The van der Waals surface area contributed by atoms with Crippen molar-refractivity contribution in [3.8, 4) is 0 Å². The van der Waals surface area contributed by atoms with E-state index in [0.717, 1.165) is 6.54 Å². The molecule has 1 heterocycles. The van der Waals surface area contributed by atoms with E-state index in [1.807, 2.05) is 13.8 Å². The van der Waals surface area contributed by atoms with E-state index in [1.54, 1.807) is 0 Å². The summed E-state index contributed by atoms with van der Waals surface area (Å²) in [7, 11) is 0. The largest absolute Gasteiger partial charge is 0.368 e. The Morgan fingerprint density at radius 1 is 1.47 bits per heavy atom. The summed E-state index contributed by atoms with van der Waals surface area (Å²) in [5, 5.41) is 5.79. The van der Waals surface area contributed by atoms with Crippen LogP contribution in [0.4, 0.5) is 0 Å². The van der Waals surface area contributed by atoms with Gasteiger partial charge in [-0.15, -0.1) is 0 Å². The molecule has 1 saturated heterocycles. The van der Waals surface area contributed by atoms with E-state index < -0.39 is 17.6 Å². The molecule has 6 heteroatoms. The molecular weight excluding hydrogens is 222 g/mol. The fourth-order valence-corrected chi connectivity index (χ4v) is 1.89. The molecule has 4 N–H and O–H groups in total. The van der Waals surface area contributed by atoms with Gasteiger partial charge in [0.15, 0.2) is 0 Å². The molecule has 0 aromatic rings. The van der Waals surface area contributed by atoms with Crippen LogP contribution < -0.4 is 16.4 Å². The first-order valence-corrected chi connectivity index (χ1v) is 6.00. The minimum atomic E-state index is -0.960. The van der Waals surface area contributed by atoms with Gasteiger partial charge in [-0.1, -0.05) is 13.8 Å². The molecule has 0 bridgehead atoms. The van der Waals surface area contributed by atoms with Gasteiger partial charge in [-0.05, 0) is 12.8 Å². The van der Waals surface area contributed by atoms with Gasteiger partial charge in [0.05, 0.1) is 6.61 Å². The van der Waals surface area contributed by atoms with Crippen LogP contribution in [0.25, 0.3) is 0 Å². The minimum Gasteiger partial charge on any atom is -0.368 e. The van der Waals surface area contributed by atoms with Crippen LogP contribution in [0, 0.1) is 0 Å². The minimum absolute atomic E-state index is 0.278. The molecule has 0 radical (unpaired) electrons. The number of rotatable bonds is 5. The Hall–Kier alpha value is -1.14. The van der Waals surface area contributed by atoms with Crippen molar-refractivity contribution < 1.29 is 14.3 Å². The molecule has 1 unspecified atom stereocenters. The van der Waals surface area contributed by atoms with E-state index in [-0.39, 0.29) is 5.91 Å². The van der Waals surface area contributed by atoms with Crippen molar-refractivity contribution in [2.75, 3.05) is 19.7 Å². The highest BCUT2D eigenvalue weighted by Gasteiger charge is 2.36. The molecule has 98 valence electrons. The van der Waals surface area contributed by atoms with E-state index in [0.29, 0.717) is 26.0 Å². The Morgan fingerprint density at radius 2 is 2.12 bits per heavy atom. The third kappa shape index (κ3) is 3.17. The highest BCUT2D eigenvalue weighted by atomic mass is 16.5. The van der Waals surface area contributed by atoms with Gasteiger partial charge in [0.1, 0.15) is 11.6 Å². The first-order chi connectivity index (χ1) is 8.05. The molecule has 0 aliphatic carbocycles. The monoisotopic (exact) mass is 243 g/mol. The van der Waals surface area contributed by atoms with Crippen molar-refractivity contribution in [1.82, 2.24) is 10.6 Å². The summed E-state index contributed by atoms with van der Waals surface area (Å²) >= 11 is 0. The number of primary amides is 1. The molecule has 1 fully saturated rings. The van der Waals surface area contributed by atoms with Gasteiger partial charge in [-0.3, -0.25) is 9.59 Å². The zero-order valence-corrected chi connectivity index (χ0v) is 10.4. The highest BCUT2D eigenvalue weighted by molar-refractivity contribution is 5.91. The lowest BCUT2D eigenvalue weighted by molar-refractivity contribution is -0.140. The molecule has 2 amide bonds. The Bertz CT molecular complexity index is 284. The second-order valence-corrected chi connectivity index (χ2v) is 4.21. The highest BCUT2D eigenvalue weighted by Crippen LogP contribution is 2.15. The molecule has 1 aliphatic heterocycles. The van der Waals surface area contributed by atoms with E-state index in [9.17, 15) is 9.59 Å². The number of hydrogen-bond acceptors (Lipinski definition) is 4. The molecule has 1 rings (SSSR count). The van der Waals surface area contributed by atoms with Crippen molar-refractivity contribution in [1.29, 1.82) is 0 Å². The van der Waals surface area contributed by atoms with E-state index in [2.05, 4.69) is 10.6 Å². The molecular formula is C11H21N3O3. The summed E-state index contributed by atoms with van der Waals surface area (Å²) in [5.74, 6) is -0.778. The van der Waals surface area contributed by atoms with Gasteiger partial charge in [-0.25, -0.2) is 0 Å². The number of hydrogen-bond donors (Lipinski definition) is 3. The van der Waals surface area contributed by atoms with Crippen molar-refractivity contribution in [3.63, 3.8) is 0 Å². The number of amides is 2. The third-order valence-corrected chi connectivity index (χ3v) is 3.26. The third-order valence-electron chi connectivity index (χ3n) is 3.26. The maximum absolute atomic E-state index is 12.0. The normalized spacial score (nSPS) is 20.9. The molecule has 0 spiro atoms. The summed E-state index contributed by atoms with van der Waals surface area (Å²) in [6.07, 6.45) is 0.413. The fourth-order valence-electron chi connectivity index (χ4n) is 1.89. The first-order valence-electron chi connectivity index (χ1n) is 6.00. The topological polar surface area (TPSA) is 93.4 Å². The van der Waals surface area contributed by atoms with Crippen LogP contribution in [0.15, 0.2) is 0 Å². The average Bonchev–Trinajstić information content (AvgIpc) is 2.36. The van der Waals surface area contributed by atoms with Crippen LogP contribution >= 0.6 is 0 Å². The second kappa shape index (κ2) is 5.97. The summed E-state index contributed by atoms with van der Waals surface area (Å²) in [5.41, 5.74) is 4.40. The molecule has 0 aromatic heterocycles. The maximum Gasteiger partial charge on any atom is 0.251 e. The molecule has 1 aliphatic rings. The molecule has 1 atom stereocenters. The predicted octanol–water partition coefficient (Wildman–Crippen LogP) is -0.865. The van der Waals surface area contributed by atoms with Crippen molar-refractivity contribution in [2.45, 2.75) is 38.3 Å². The number of nitrogens with one attached hydrogen (secondary N) is 2. The lowest BCUT2D eigenvalue weighted by Gasteiger charge is -2.32. The van der Waals surface area contributed by atoms with E-state index in [4.69, 9.17) is 10.5 Å². The van der Waals surface area contributed by atoms with Gasteiger partial charge < -0.3 is 21.1 Å². The standard InChI is InChI=1S/C11H21N3O3/c1-3-11(4-2,10(12)16)14-9(15)8-7-13-5-6-17-8/h8,13H,3-7H2,1-2H3,(H2,12,16)(H,14,15). The number of morpholine rings is 1. The lowest BCUT2D eigenvalue weighted by atomic mass is 9.91. The summed E-state index contributed by atoms with van der Waals surface area (Å²) in [6.45, 7) is 5.36. The molecule has 17 heavy (non-hydrogen) atoms. The SMILES string of the molecule is CCC(CC)(NC(=O)C1CNCCO1)C(N)=O. The first kappa shape index (κ1) is 13.9. The summed E-state index contributed by atoms with van der Waals surface area (Å²) in [6, 6.07) is 0. The van der Waals surface area contributed by atoms with Gasteiger partial charge in [0.25, 0.3) is 5.91 Å². The number of carbonyl (C=O) groups excluding carboxylic acids is 2. The predicted molar refractivity (Wildman–Crippen MR) is 63.3 cm³/mol. The molecule has 0 saturated carbocycles. The quantitative estimate of drug-likeness (QED) is 0.585. The smallest absolute Gasteiger partial charge is 0.251 e. The van der Waals surface area contributed by atoms with Gasteiger partial charge in [0.2, 0.25) is 5.91 Å². The average molecular weight is 243 g/mol. The number of carbonyl (C=O) groups is 2. The Labute approximate surface area is 101 Å². The van der Waals surface area contributed by atoms with Gasteiger partial charge in [-0.2, -0.15) is 0 Å². The Morgan fingerprint density at radius 3 is 2.53 bits per heavy atom. The maximum atomic E-state index is 12.0. The van der Waals surface area contributed by atoms with Crippen LogP contribution in [0.2, 0.25) is 0 Å². The van der Waals surface area contributed by atoms with Crippen LogP contribution in [0.5, 0.6) is 0 Å². The fraction of sp³-hybridized carbons (Fsp3) is 0.818. The summed E-state index contributed by atoms with van der Waals surface area (Å²) < 4.78 is 5.33. The van der Waals surface area contributed by atoms with Gasteiger partial charge in [0, 0.05) is 13.1 Å². The van der Waals surface area contributed by atoms with Crippen molar-refractivity contribution in [2.24, 2.45) is 5.73 Å². The zero-order valence-electron chi connectivity index (χ0n) is 10.4. The van der Waals surface area contributed by atoms with Crippen LogP contribution in [0.1, 0.15) is 26.7 Å². The van der Waals surface area contributed by atoms with Crippen LogP contribution in [-0.4, -0.2) is 43.2 Å². The summed E-state index contributed by atoms with van der Waals surface area (Å²) in [4.78, 5) is 23.4. The zero-order chi connectivity index (χ0) is 12.9. The van der Waals surface area contributed by atoms with E-state index in [1.165, 1.54) is 0 Å². The number of ether oxygens (including phenoxy) is 1. The van der Waals surface area contributed by atoms with E-state index >= 15 is 0 Å². The van der Waals surface area contributed by atoms with Crippen molar-refractivity contribution in [3.05, 3.63) is 0 Å². The van der Waals surface area contributed by atoms with Crippen LogP contribution in [-0.2, 0) is 14.3 Å². The van der Waals surface area contributed by atoms with Crippen molar-refractivity contribution >= 4 is 11.8 Å².